The van der Waals surface area contributed by atoms with Gasteiger partial charge in [-0.25, -0.2) is 0 Å². The summed E-state index contributed by atoms with van der Waals surface area (Å²) in [7, 11) is 0. The number of aromatic nitrogens is 1. The largest absolute Gasteiger partial charge is 0.261 e. The smallest absolute Gasteiger partial charge is 0.0457 e. The number of hydrogen-bond acceptors (Lipinski definition) is 1. The van der Waals surface area contributed by atoms with Gasteiger partial charge in [0.15, 0.2) is 0 Å². The monoisotopic (exact) mass is 248 g/mol. The van der Waals surface area contributed by atoms with Crippen molar-refractivity contribution >= 4 is 0 Å². The Kier molecular flexibility index (Phi) is 2.31. The second-order valence-electron chi connectivity index (χ2n) is 4.31. The highest BCUT2D eigenvalue weighted by Gasteiger charge is 2.10. The summed E-state index contributed by atoms with van der Waals surface area (Å²) in [5, 5.41) is 0. The fourth-order valence-corrected chi connectivity index (χ4v) is 2.22. The number of pyridine rings is 1. The van der Waals surface area contributed by atoms with E-state index in [4.69, 9.17) is 4.11 Å². The van der Waals surface area contributed by atoms with Gasteiger partial charge in [0.05, 0.1) is 0 Å². The Labute approximate surface area is 117 Å². The van der Waals surface area contributed by atoms with Crippen molar-refractivity contribution in [1.82, 2.24) is 4.98 Å². The molecule has 1 nitrogen and oxygen atoms in total. The third-order valence-electron chi connectivity index (χ3n) is 3.10. The Morgan fingerprint density at radius 2 is 1.42 bits per heavy atom. The average molecular weight is 248 g/mol. The summed E-state index contributed by atoms with van der Waals surface area (Å²) < 4.78 is 23.4. The molecular formula is C18H15N. The van der Waals surface area contributed by atoms with Crippen molar-refractivity contribution in [2.45, 2.75) is 6.85 Å². The maximum atomic E-state index is 7.79. The lowest BCUT2D eigenvalue weighted by atomic mass is 9.94. The SMILES string of the molecule is [2H]C([2H])([2H])c1nccc(-c2ccccc2)c1-c1ccccc1. The predicted molar refractivity (Wildman–Crippen MR) is 79.8 cm³/mol. The maximum absolute atomic E-state index is 7.79. The Morgan fingerprint density at radius 3 is 2.05 bits per heavy atom. The molecule has 3 rings (SSSR count). The predicted octanol–water partition coefficient (Wildman–Crippen LogP) is 4.72. The zero-order valence-corrected chi connectivity index (χ0v) is 10.4. The summed E-state index contributed by atoms with van der Waals surface area (Å²) in [6, 6.07) is 21.2. The van der Waals surface area contributed by atoms with Crippen LogP contribution in [0.3, 0.4) is 0 Å². The third-order valence-corrected chi connectivity index (χ3v) is 3.10. The highest BCUT2D eigenvalue weighted by molar-refractivity contribution is 5.84. The van der Waals surface area contributed by atoms with Gasteiger partial charge >= 0.3 is 0 Å². The van der Waals surface area contributed by atoms with Gasteiger partial charge in [0.2, 0.25) is 0 Å². The van der Waals surface area contributed by atoms with Gasteiger partial charge in [-0.15, -0.1) is 0 Å². The second kappa shape index (κ2) is 5.07. The first-order chi connectivity index (χ1) is 10.6. The molecule has 0 fully saturated rings. The van der Waals surface area contributed by atoms with Crippen LogP contribution in [-0.2, 0) is 0 Å². The van der Waals surface area contributed by atoms with E-state index in [1.165, 1.54) is 0 Å². The summed E-state index contributed by atoms with van der Waals surface area (Å²) >= 11 is 0. The molecule has 0 aliphatic rings. The zero-order chi connectivity index (χ0) is 15.6. The lowest BCUT2D eigenvalue weighted by Crippen LogP contribution is -1.91. The number of benzene rings is 2. The zero-order valence-electron chi connectivity index (χ0n) is 13.4. The normalized spacial score (nSPS) is 13.4. The van der Waals surface area contributed by atoms with Crippen molar-refractivity contribution in [2.75, 3.05) is 0 Å². The third kappa shape index (κ3) is 2.27. The fraction of sp³-hybridized carbons (Fsp3) is 0.0556. The first-order valence-corrected chi connectivity index (χ1v) is 6.18. The molecule has 0 amide bonds. The van der Waals surface area contributed by atoms with E-state index in [0.717, 1.165) is 16.7 Å². The fourth-order valence-electron chi connectivity index (χ4n) is 2.22. The van der Waals surface area contributed by atoms with E-state index in [2.05, 4.69) is 4.98 Å². The van der Waals surface area contributed by atoms with E-state index in [0.29, 0.717) is 5.56 Å². The van der Waals surface area contributed by atoms with Crippen LogP contribution in [0, 0.1) is 6.85 Å². The summed E-state index contributed by atoms with van der Waals surface area (Å²) in [6.45, 7) is -2.25. The molecule has 19 heavy (non-hydrogen) atoms. The van der Waals surface area contributed by atoms with Crippen molar-refractivity contribution in [1.29, 1.82) is 0 Å². The molecule has 2 aromatic carbocycles. The molecule has 1 aromatic heterocycles. The summed E-state index contributed by atoms with van der Waals surface area (Å²) in [4.78, 5) is 4.15. The molecule has 0 atom stereocenters. The van der Waals surface area contributed by atoms with E-state index in [1.54, 1.807) is 6.20 Å². The lowest BCUT2D eigenvalue weighted by molar-refractivity contribution is 1.20. The van der Waals surface area contributed by atoms with Gasteiger partial charge in [-0.2, -0.15) is 0 Å². The van der Waals surface area contributed by atoms with Crippen molar-refractivity contribution in [3.8, 4) is 22.3 Å². The van der Waals surface area contributed by atoms with Crippen LogP contribution in [-0.4, -0.2) is 4.98 Å². The molecule has 0 spiro atoms. The Morgan fingerprint density at radius 1 is 0.789 bits per heavy atom. The van der Waals surface area contributed by atoms with E-state index >= 15 is 0 Å². The van der Waals surface area contributed by atoms with E-state index in [1.807, 2.05) is 66.7 Å². The van der Waals surface area contributed by atoms with Crippen molar-refractivity contribution in [3.63, 3.8) is 0 Å². The van der Waals surface area contributed by atoms with Crippen LogP contribution in [0.25, 0.3) is 22.3 Å². The van der Waals surface area contributed by atoms with Crippen LogP contribution < -0.4 is 0 Å². The second-order valence-corrected chi connectivity index (χ2v) is 4.31. The van der Waals surface area contributed by atoms with Gasteiger partial charge in [0, 0.05) is 21.6 Å². The van der Waals surface area contributed by atoms with Crippen LogP contribution in [0.1, 0.15) is 9.81 Å². The quantitative estimate of drug-likeness (QED) is 0.639. The minimum atomic E-state index is -2.25. The molecule has 0 aliphatic heterocycles. The molecule has 0 unspecified atom stereocenters. The molecule has 0 saturated heterocycles. The molecule has 3 aromatic rings. The highest BCUT2D eigenvalue weighted by Crippen LogP contribution is 2.33. The lowest BCUT2D eigenvalue weighted by Gasteiger charge is -2.12. The van der Waals surface area contributed by atoms with Crippen LogP contribution in [0.2, 0.25) is 0 Å². The standard InChI is InChI=1S/C18H15N/c1-14-18(16-10-6-3-7-11-16)17(12-13-19-14)15-8-4-2-5-9-15/h2-13H,1H3/i1D3. The molecular weight excluding hydrogens is 230 g/mol. The molecule has 92 valence electrons. The molecule has 0 bridgehead atoms. The minimum absolute atomic E-state index is 0.139. The summed E-state index contributed by atoms with van der Waals surface area (Å²) in [5.41, 5.74) is 3.54. The van der Waals surface area contributed by atoms with Gasteiger partial charge in [0.25, 0.3) is 0 Å². The maximum Gasteiger partial charge on any atom is 0.0457 e. The van der Waals surface area contributed by atoms with Crippen LogP contribution in [0.15, 0.2) is 72.9 Å². The van der Waals surface area contributed by atoms with Gasteiger partial charge in [0.1, 0.15) is 0 Å². The van der Waals surface area contributed by atoms with Gasteiger partial charge in [-0.1, -0.05) is 60.7 Å². The van der Waals surface area contributed by atoms with Crippen LogP contribution in [0.5, 0.6) is 0 Å². The van der Waals surface area contributed by atoms with Gasteiger partial charge in [-0.05, 0) is 29.6 Å². The van der Waals surface area contributed by atoms with Crippen molar-refractivity contribution in [2.24, 2.45) is 0 Å². The Hall–Kier alpha value is -2.41. The molecule has 1 heteroatoms. The average Bonchev–Trinajstić information content (AvgIpc) is 2.55. The molecule has 0 N–H and O–H groups in total. The summed E-state index contributed by atoms with van der Waals surface area (Å²) in [5.74, 6) is 0. The highest BCUT2D eigenvalue weighted by atomic mass is 14.7. The van der Waals surface area contributed by atoms with Crippen molar-refractivity contribution in [3.05, 3.63) is 78.6 Å². The van der Waals surface area contributed by atoms with Crippen LogP contribution >= 0.6 is 0 Å². The van der Waals surface area contributed by atoms with E-state index in [9.17, 15) is 0 Å². The van der Waals surface area contributed by atoms with Crippen molar-refractivity contribution < 1.29 is 4.11 Å². The Bertz CT molecular complexity index is 765. The molecule has 1 heterocycles. The first kappa shape index (κ1) is 8.65. The van der Waals surface area contributed by atoms with E-state index < -0.39 is 6.85 Å². The molecule has 0 saturated carbocycles. The Balaban J connectivity index is 2.32. The topological polar surface area (TPSA) is 12.9 Å². The van der Waals surface area contributed by atoms with Gasteiger partial charge < -0.3 is 0 Å². The number of aryl methyl sites for hydroxylation is 1. The molecule has 0 radical (unpaired) electrons. The number of rotatable bonds is 2. The van der Waals surface area contributed by atoms with Crippen LogP contribution in [0.4, 0.5) is 0 Å². The van der Waals surface area contributed by atoms with Gasteiger partial charge in [-0.3, -0.25) is 4.98 Å². The minimum Gasteiger partial charge on any atom is -0.261 e. The first-order valence-electron chi connectivity index (χ1n) is 7.68. The summed E-state index contributed by atoms with van der Waals surface area (Å²) in [6.07, 6.45) is 1.57. The molecule has 0 aliphatic carbocycles. The number of nitrogens with zero attached hydrogens (tertiary/aromatic N) is 1. The van der Waals surface area contributed by atoms with E-state index in [-0.39, 0.29) is 5.69 Å². The number of hydrogen-bond donors (Lipinski definition) is 0.